The molecule has 0 spiro atoms. The zero-order valence-corrected chi connectivity index (χ0v) is 18.5. The largest absolute Gasteiger partial charge is 0.454 e. The van der Waals surface area contributed by atoms with Gasteiger partial charge in [-0.25, -0.2) is 13.1 Å². The van der Waals surface area contributed by atoms with Gasteiger partial charge in [0.1, 0.15) is 0 Å². The molecule has 0 amide bonds. The molecule has 1 aliphatic heterocycles. The summed E-state index contributed by atoms with van der Waals surface area (Å²) in [5.74, 6) is 1.55. The summed E-state index contributed by atoms with van der Waals surface area (Å²) in [4.78, 5) is 0.287. The number of benzene rings is 3. The number of hydrogen-bond donors (Lipinski definition) is 1. The molecule has 0 aromatic heterocycles. The second kappa shape index (κ2) is 7.36. The fourth-order valence-corrected chi connectivity index (χ4v) is 7.31. The summed E-state index contributed by atoms with van der Waals surface area (Å²) in [6.07, 6.45) is 4.14. The van der Waals surface area contributed by atoms with Gasteiger partial charge in [-0.05, 0) is 59.7 Å². The van der Waals surface area contributed by atoms with Crippen LogP contribution in [0.5, 0.6) is 11.5 Å². The van der Waals surface area contributed by atoms with Crippen LogP contribution in [0.25, 0.3) is 0 Å². The van der Waals surface area contributed by atoms with E-state index in [4.69, 9.17) is 9.47 Å². The van der Waals surface area contributed by atoms with E-state index in [9.17, 15) is 8.42 Å². The Labute approximate surface area is 188 Å². The molecular formula is C26H25NO4S. The lowest BCUT2D eigenvalue weighted by Gasteiger charge is -2.42. The molecule has 0 saturated heterocycles. The summed E-state index contributed by atoms with van der Waals surface area (Å²) in [7, 11) is -3.68. The lowest BCUT2D eigenvalue weighted by Crippen LogP contribution is -2.41. The van der Waals surface area contributed by atoms with Crippen LogP contribution >= 0.6 is 0 Å². The molecule has 3 atom stereocenters. The number of hydrogen-bond acceptors (Lipinski definition) is 4. The third kappa shape index (κ3) is 2.90. The number of ether oxygens (including phenoxy) is 2. The zero-order valence-electron chi connectivity index (χ0n) is 17.7. The molecule has 3 aliphatic rings. The molecule has 5 nitrogen and oxygen atoms in total. The summed E-state index contributed by atoms with van der Waals surface area (Å²) in [6, 6.07) is 22.9. The average Bonchev–Trinajstić information content (AvgIpc) is 3.40. The molecule has 3 aromatic carbocycles. The van der Waals surface area contributed by atoms with Crippen molar-refractivity contribution in [2.75, 3.05) is 6.79 Å². The van der Waals surface area contributed by atoms with Crippen molar-refractivity contribution in [2.45, 2.75) is 42.0 Å². The molecule has 6 heteroatoms. The van der Waals surface area contributed by atoms with Crippen LogP contribution < -0.4 is 14.2 Å². The summed E-state index contributed by atoms with van der Waals surface area (Å²) in [6.45, 7) is 0.195. The van der Waals surface area contributed by atoms with E-state index in [1.54, 1.807) is 24.3 Å². The molecule has 0 radical (unpaired) electrons. The van der Waals surface area contributed by atoms with Gasteiger partial charge < -0.3 is 9.47 Å². The normalized spacial score (nSPS) is 25.9. The number of fused-ring (bicyclic) bond motifs is 4. The first-order valence-electron chi connectivity index (χ1n) is 11.2. The Morgan fingerprint density at radius 3 is 2.31 bits per heavy atom. The van der Waals surface area contributed by atoms with Crippen molar-refractivity contribution in [3.8, 4) is 11.5 Å². The second-order valence-corrected chi connectivity index (χ2v) is 10.6. The maximum atomic E-state index is 13.4. The standard InChI is InChI=1S/C26H25NO4S/c28-32(29,19-11-5-2-6-12-19)27-25-20-15-23-24(31-17-30-23)16-22(20)26(14-8-7-13-21(25)26)18-9-3-1-4-10-18/h1-6,9-12,15-16,21,25,27H,7-8,13-14,17H2/t21-,25+,26+/m0/s1. The van der Waals surface area contributed by atoms with Crippen LogP contribution in [0.4, 0.5) is 0 Å². The van der Waals surface area contributed by atoms with Crippen LogP contribution in [0.15, 0.2) is 77.7 Å². The van der Waals surface area contributed by atoms with Crippen LogP contribution in [-0.4, -0.2) is 15.2 Å². The fourth-order valence-electron chi connectivity index (χ4n) is 6.03. The van der Waals surface area contributed by atoms with Crippen LogP contribution in [-0.2, 0) is 15.4 Å². The minimum absolute atomic E-state index is 0.120. The van der Waals surface area contributed by atoms with E-state index in [0.717, 1.165) is 37.0 Å². The Morgan fingerprint density at radius 1 is 0.875 bits per heavy atom. The first-order chi connectivity index (χ1) is 15.6. The van der Waals surface area contributed by atoms with E-state index < -0.39 is 10.0 Å². The Balaban J connectivity index is 1.54. The Bertz CT molecular complexity index is 1260. The van der Waals surface area contributed by atoms with Gasteiger partial charge in [-0.15, -0.1) is 0 Å². The molecule has 32 heavy (non-hydrogen) atoms. The van der Waals surface area contributed by atoms with Crippen molar-refractivity contribution < 1.29 is 17.9 Å². The third-order valence-corrected chi connectivity index (χ3v) is 8.81. The van der Waals surface area contributed by atoms with Gasteiger partial charge in [0.05, 0.1) is 10.9 Å². The Kier molecular flexibility index (Phi) is 4.56. The monoisotopic (exact) mass is 447 g/mol. The molecule has 0 unspecified atom stereocenters. The Morgan fingerprint density at radius 2 is 1.56 bits per heavy atom. The zero-order chi connectivity index (χ0) is 21.8. The smallest absolute Gasteiger partial charge is 0.241 e. The lowest BCUT2D eigenvalue weighted by molar-refractivity contribution is 0.173. The molecule has 2 aliphatic carbocycles. The van der Waals surface area contributed by atoms with Gasteiger partial charge >= 0.3 is 0 Å². The van der Waals surface area contributed by atoms with Crippen LogP contribution in [0.1, 0.15) is 48.4 Å². The lowest BCUT2D eigenvalue weighted by atomic mass is 9.62. The minimum atomic E-state index is -3.68. The van der Waals surface area contributed by atoms with Gasteiger partial charge in [-0.1, -0.05) is 61.4 Å². The fraction of sp³-hybridized carbons (Fsp3) is 0.308. The van der Waals surface area contributed by atoms with Crippen LogP contribution in [0, 0.1) is 5.92 Å². The first kappa shape index (κ1) is 19.8. The summed E-state index contributed by atoms with van der Waals surface area (Å²) in [5.41, 5.74) is 3.16. The average molecular weight is 448 g/mol. The summed E-state index contributed by atoms with van der Waals surface area (Å²) < 4.78 is 41.3. The van der Waals surface area contributed by atoms with E-state index in [2.05, 4.69) is 35.1 Å². The van der Waals surface area contributed by atoms with Crippen molar-refractivity contribution in [3.63, 3.8) is 0 Å². The predicted molar refractivity (Wildman–Crippen MR) is 121 cm³/mol. The molecule has 1 saturated carbocycles. The molecule has 164 valence electrons. The highest BCUT2D eigenvalue weighted by molar-refractivity contribution is 7.89. The molecule has 1 N–H and O–H groups in total. The molecule has 1 heterocycles. The summed E-state index contributed by atoms with van der Waals surface area (Å²) >= 11 is 0. The van der Waals surface area contributed by atoms with Gasteiger partial charge in [-0.2, -0.15) is 0 Å². The van der Waals surface area contributed by atoms with Crippen LogP contribution in [0.2, 0.25) is 0 Å². The highest BCUT2D eigenvalue weighted by Gasteiger charge is 2.55. The van der Waals surface area contributed by atoms with Gasteiger partial charge in [0.2, 0.25) is 16.8 Å². The quantitative estimate of drug-likeness (QED) is 0.616. The van der Waals surface area contributed by atoms with Gasteiger partial charge in [-0.3, -0.25) is 0 Å². The van der Waals surface area contributed by atoms with E-state index >= 15 is 0 Å². The SMILES string of the molecule is O=S(=O)(N[C@@H]1c2cc3c(cc2[C@@]2(c4ccccc4)CCCC[C@@H]12)OCO3)c1ccccc1. The van der Waals surface area contributed by atoms with Crippen molar-refractivity contribution >= 4 is 10.0 Å². The topological polar surface area (TPSA) is 64.6 Å². The summed E-state index contributed by atoms with van der Waals surface area (Å²) in [5, 5.41) is 0. The van der Waals surface area contributed by atoms with Gasteiger partial charge in [0, 0.05) is 5.41 Å². The van der Waals surface area contributed by atoms with E-state index in [1.807, 2.05) is 18.2 Å². The van der Waals surface area contributed by atoms with Crippen LogP contribution in [0.3, 0.4) is 0 Å². The Hall–Kier alpha value is -2.83. The van der Waals surface area contributed by atoms with Crippen molar-refractivity contribution in [1.82, 2.24) is 4.72 Å². The maximum absolute atomic E-state index is 13.4. The molecule has 0 bridgehead atoms. The van der Waals surface area contributed by atoms with E-state index in [1.165, 1.54) is 11.1 Å². The van der Waals surface area contributed by atoms with Crippen molar-refractivity contribution in [1.29, 1.82) is 0 Å². The van der Waals surface area contributed by atoms with Gasteiger partial charge in [0.15, 0.2) is 11.5 Å². The number of sulfonamides is 1. The maximum Gasteiger partial charge on any atom is 0.241 e. The van der Waals surface area contributed by atoms with Gasteiger partial charge in [0.25, 0.3) is 0 Å². The second-order valence-electron chi connectivity index (χ2n) is 8.89. The van der Waals surface area contributed by atoms with Crippen molar-refractivity contribution in [3.05, 3.63) is 89.5 Å². The number of nitrogens with one attached hydrogen (secondary N) is 1. The number of rotatable bonds is 4. The predicted octanol–water partition coefficient (Wildman–Crippen LogP) is 4.92. The van der Waals surface area contributed by atoms with E-state index in [0.29, 0.717) is 5.75 Å². The third-order valence-electron chi connectivity index (χ3n) is 7.36. The molecule has 1 fully saturated rings. The molecular weight excluding hydrogens is 422 g/mol. The molecule has 3 aromatic rings. The minimum Gasteiger partial charge on any atom is -0.454 e. The highest BCUT2D eigenvalue weighted by atomic mass is 32.2. The first-order valence-corrected chi connectivity index (χ1v) is 12.6. The highest BCUT2D eigenvalue weighted by Crippen LogP contribution is 2.61. The van der Waals surface area contributed by atoms with Crippen molar-refractivity contribution in [2.24, 2.45) is 5.92 Å². The molecule has 6 rings (SSSR count). The van der Waals surface area contributed by atoms with E-state index in [-0.39, 0.29) is 29.1 Å².